The molecule has 0 saturated carbocycles. The summed E-state index contributed by atoms with van der Waals surface area (Å²) in [6, 6.07) is 5.43. The van der Waals surface area contributed by atoms with Gasteiger partial charge in [-0.25, -0.2) is 0 Å². The minimum atomic E-state index is -0.565. The van der Waals surface area contributed by atoms with Gasteiger partial charge in [-0.1, -0.05) is 13.8 Å². The van der Waals surface area contributed by atoms with Crippen LogP contribution >= 0.6 is 0 Å². The number of methoxy groups -OCH3 is 2. The van der Waals surface area contributed by atoms with Crippen LogP contribution in [0.3, 0.4) is 0 Å². The van der Waals surface area contributed by atoms with Crippen molar-refractivity contribution < 1.29 is 14.3 Å². The fourth-order valence-corrected chi connectivity index (χ4v) is 2.78. The van der Waals surface area contributed by atoms with Crippen LogP contribution < -0.4 is 9.47 Å². The number of benzene rings is 1. The molecule has 0 radical (unpaired) electrons. The zero-order valence-corrected chi connectivity index (χ0v) is 13.5. The lowest BCUT2D eigenvalue weighted by Gasteiger charge is -2.35. The smallest absolute Gasteiger partial charge is 0.226 e. The van der Waals surface area contributed by atoms with Crippen LogP contribution in [0.2, 0.25) is 0 Å². The topological polar surface area (TPSA) is 62.6 Å². The Morgan fingerprint density at radius 3 is 2.59 bits per heavy atom. The van der Waals surface area contributed by atoms with Crippen molar-refractivity contribution in [1.29, 1.82) is 5.26 Å². The molecule has 2 atom stereocenters. The third kappa shape index (κ3) is 2.74. The lowest BCUT2D eigenvalue weighted by atomic mass is 9.91. The van der Waals surface area contributed by atoms with E-state index in [1.54, 1.807) is 19.1 Å². The van der Waals surface area contributed by atoms with E-state index < -0.39 is 6.04 Å². The molecule has 5 nitrogen and oxygen atoms in total. The highest BCUT2D eigenvalue weighted by Gasteiger charge is 2.33. The first-order valence-electron chi connectivity index (χ1n) is 7.52. The van der Waals surface area contributed by atoms with E-state index in [4.69, 9.17) is 9.47 Å². The van der Waals surface area contributed by atoms with Gasteiger partial charge in [-0.3, -0.25) is 4.79 Å². The van der Waals surface area contributed by atoms with Gasteiger partial charge in [0.2, 0.25) is 5.91 Å². The van der Waals surface area contributed by atoms with Crippen molar-refractivity contribution in [3.63, 3.8) is 0 Å². The van der Waals surface area contributed by atoms with E-state index in [2.05, 4.69) is 6.07 Å². The fourth-order valence-electron chi connectivity index (χ4n) is 2.78. The summed E-state index contributed by atoms with van der Waals surface area (Å²) in [5, 5.41) is 9.59. The first-order chi connectivity index (χ1) is 10.6. The van der Waals surface area contributed by atoms with Crippen molar-refractivity contribution in [1.82, 2.24) is 4.90 Å². The van der Waals surface area contributed by atoms with Gasteiger partial charge in [-0.2, -0.15) is 5.26 Å². The van der Waals surface area contributed by atoms with Crippen molar-refractivity contribution in [2.75, 3.05) is 20.8 Å². The SMILES string of the molecule is CCC(C)C(=O)N1CCc2cc(OC)c(OC)cc2[C@@H]1C#N. The van der Waals surface area contributed by atoms with Gasteiger partial charge in [0.15, 0.2) is 11.5 Å². The Bertz CT molecular complexity index is 607. The van der Waals surface area contributed by atoms with Crippen molar-refractivity contribution in [2.45, 2.75) is 32.7 Å². The molecule has 1 aliphatic rings. The van der Waals surface area contributed by atoms with E-state index in [1.165, 1.54) is 0 Å². The molecule has 22 heavy (non-hydrogen) atoms. The standard InChI is InChI=1S/C17H22N2O3/c1-5-11(2)17(20)19-7-6-12-8-15(21-3)16(22-4)9-13(12)14(19)10-18/h8-9,11,14H,5-7H2,1-4H3/t11?,14-/m0/s1. The van der Waals surface area contributed by atoms with E-state index >= 15 is 0 Å². The van der Waals surface area contributed by atoms with Crippen molar-refractivity contribution >= 4 is 5.91 Å². The Hall–Kier alpha value is -2.22. The molecule has 2 rings (SSSR count). The monoisotopic (exact) mass is 302 g/mol. The van der Waals surface area contributed by atoms with E-state index in [0.717, 1.165) is 24.0 Å². The van der Waals surface area contributed by atoms with Crippen LogP contribution in [0.5, 0.6) is 11.5 Å². The molecule has 0 fully saturated rings. The molecule has 1 aliphatic heterocycles. The van der Waals surface area contributed by atoms with Crippen LogP contribution in [0, 0.1) is 17.2 Å². The largest absolute Gasteiger partial charge is 0.493 e. The predicted molar refractivity (Wildman–Crippen MR) is 82.8 cm³/mol. The second kappa shape index (κ2) is 6.69. The maximum absolute atomic E-state index is 12.5. The molecular formula is C17H22N2O3. The molecule has 0 bridgehead atoms. The number of carbonyl (C=O) groups is 1. The van der Waals surface area contributed by atoms with Crippen LogP contribution in [0.25, 0.3) is 0 Å². The van der Waals surface area contributed by atoms with Gasteiger partial charge >= 0.3 is 0 Å². The molecule has 5 heteroatoms. The summed E-state index contributed by atoms with van der Waals surface area (Å²) < 4.78 is 10.6. The summed E-state index contributed by atoms with van der Waals surface area (Å²) in [5.41, 5.74) is 1.88. The number of hydrogen-bond acceptors (Lipinski definition) is 4. The maximum Gasteiger partial charge on any atom is 0.226 e. The van der Waals surface area contributed by atoms with Crippen LogP contribution in [0.4, 0.5) is 0 Å². The van der Waals surface area contributed by atoms with Gasteiger partial charge < -0.3 is 14.4 Å². The summed E-state index contributed by atoms with van der Waals surface area (Å²) in [5.74, 6) is 1.20. The quantitative estimate of drug-likeness (QED) is 0.858. The number of fused-ring (bicyclic) bond motifs is 1. The predicted octanol–water partition coefficient (Wildman–Crippen LogP) is 2.70. The molecule has 0 N–H and O–H groups in total. The maximum atomic E-state index is 12.5. The fraction of sp³-hybridized carbons (Fsp3) is 0.529. The molecule has 1 aromatic carbocycles. The second-order valence-electron chi connectivity index (χ2n) is 5.53. The summed E-state index contributed by atoms with van der Waals surface area (Å²) in [7, 11) is 3.16. The zero-order valence-electron chi connectivity index (χ0n) is 13.5. The number of carbonyl (C=O) groups excluding carboxylic acids is 1. The molecule has 1 heterocycles. The minimum absolute atomic E-state index is 0.0366. The average Bonchev–Trinajstić information content (AvgIpc) is 2.57. The molecule has 1 amide bonds. The van der Waals surface area contributed by atoms with Crippen molar-refractivity contribution in [2.24, 2.45) is 5.92 Å². The number of nitriles is 1. The first kappa shape index (κ1) is 16.2. The van der Waals surface area contributed by atoms with Gasteiger partial charge in [0.05, 0.1) is 20.3 Å². The second-order valence-corrected chi connectivity index (χ2v) is 5.53. The number of rotatable bonds is 4. The van der Waals surface area contributed by atoms with Crippen molar-refractivity contribution in [3.05, 3.63) is 23.3 Å². The van der Waals surface area contributed by atoms with Gasteiger partial charge in [-0.15, -0.1) is 0 Å². The summed E-state index contributed by atoms with van der Waals surface area (Å²) in [6.07, 6.45) is 1.49. The van der Waals surface area contributed by atoms with E-state index in [9.17, 15) is 10.1 Å². The molecule has 1 aromatic rings. The normalized spacial score (nSPS) is 18.1. The molecule has 1 unspecified atom stereocenters. The molecular weight excluding hydrogens is 280 g/mol. The lowest BCUT2D eigenvalue weighted by molar-refractivity contribution is -0.136. The highest BCUT2D eigenvalue weighted by atomic mass is 16.5. The van der Waals surface area contributed by atoms with Crippen molar-refractivity contribution in [3.8, 4) is 17.6 Å². The first-order valence-corrected chi connectivity index (χ1v) is 7.52. The Kier molecular flexibility index (Phi) is 4.92. The Morgan fingerprint density at radius 2 is 2.05 bits per heavy atom. The van der Waals surface area contributed by atoms with E-state index in [0.29, 0.717) is 18.0 Å². The third-order valence-corrected chi connectivity index (χ3v) is 4.31. The number of amides is 1. The summed E-state index contributed by atoms with van der Waals surface area (Å²) in [4.78, 5) is 14.2. The highest BCUT2D eigenvalue weighted by molar-refractivity contribution is 5.80. The number of ether oxygens (including phenoxy) is 2. The Balaban J connectivity index is 2.43. The molecule has 0 saturated heterocycles. The van der Waals surface area contributed by atoms with Gasteiger partial charge in [0, 0.05) is 12.5 Å². The Morgan fingerprint density at radius 1 is 1.41 bits per heavy atom. The highest BCUT2D eigenvalue weighted by Crippen LogP contribution is 2.38. The molecule has 0 aromatic heterocycles. The summed E-state index contributed by atoms with van der Waals surface area (Å²) >= 11 is 0. The zero-order chi connectivity index (χ0) is 16.3. The third-order valence-electron chi connectivity index (χ3n) is 4.31. The molecule has 118 valence electrons. The van der Waals surface area contributed by atoms with Crippen LogP contribution in [0.1, 0.15) is 37.4 Å². The van der Waals surface area contributed by atoms with Gasteiger partial charge in [0.1, 0.15) is 6.04 Å². The van der Waals surface area contributed by atoms with Gasteiger partial charge in [-0.05, 0) is 36.1 Å². The number of nitrogens with zero attached hydrogens (tertiary/aromatic N) is 2. The summed E-state index contributed by atoms with van der Waals surface area (Å²) in [6.45, 7) is 4.44. The van der Waals surface area contributed by atoms with Crippen LogP contribution in [-0.2, 0) is 11.2 Å². The molecule has 0 spiro atoms. The molecule has 0 aliphatic carbocycles. The van der Waals surface area contributed by atoms with Crippen LogP contribution in [0.15, 0.2) is 12.1 Å². The lowest BCUT2D eigenvalue weighted by Crippen LogP contribution is -2.42. The van der Waals surface area contributed by atoms with E-state index in [1.807, 2.05) is 26.0 Å². The Labute approximate surface area is 131 Å². The average molecular weight is 302 g/mol. The number of hydrogen-bond donors (Lipinski definition) is 0. The van der Waals surface area contributed by atoms with E-state index in [-0.39, 0.29) is 11.8 Å². The van der Waals surface area contributed by atoms with Crippen LogP contribution in [-0.4, -0.2) is 31.6 Å². The minimum Gasteiger partial charge on any atom is -0.493 e. The van der Waals surface area contributed by atoms with Gasteiger partial charge in [0.25, 0.3) is 0 Å².